The van der Waals surface area contributed by atoms with Gasteiger partial charge in [-0.3, -0.25) is 14.6 Å². The lowest BCUT2D eigenvalue weighted by Crippen LogP contribution is -2.19. The summed E-state index contributed by atoms with van der Waals surface area (Å²) in [5.41, 5.74) is 3.91. The number of aromatic nitrogens is 2. The summed E-state index contributed by atoms with van der Waals surface area (Å²) in [6.45, 7) is 0. The van der Waals surface area contributed by atoms with Gasteiger partial charge in [-0.1, -0.05) is 12.1 Å². The minimum absolute atomic E-state index is 0.163. The fourth-order valence-electron chi connectivity index (χ4n) is 3.12. The Bertz CT molecular complexity index is 1000. The van der Waals surface area contributed by atoms with Gasteiger partial charge in [-0.15, -0.1) is 11.8 Å². The molecule has 1 aromatic carbocycles. The number of amides is 2. The molecule has 4 rings (SSSR count). The maximum atomic E-state index is 12.7. The Hall–Kier alpha value is -3.06. The Morgan fingerprint density at radius 3 is 2.70 bits per heavy atom. The molecule has 1 unspecified atom stereocenters. The maximum absolute atomic E-state index is 12.7. The molecule has 1 atom stereocenters. The van der Waals surface area contributed by atoms with Crippen molar-refractivity contribution >= 4 is 29.3 Å². The second kappa shape index (κ2) is 7.28. The molecule has 0 fully saturated rings. The summed E-state index contributed by atoms with van der Waals surface area (Å²) in [5.74, 6) is 0.357. The molecule has 0 saturated carbocycles. The van der Waals surface area contributed by atoms with Crippen LogP contribution in [0.5, 0.6) is 0 Å². The highest BCUT2D eigenvalue weighted by Crippen LogP contribution is 2.43. The summed E-state index contributed by atoms with van der Waals surface area (Å²) >= 11 is 1.80. The number of thioether (sulfide) groups is 1. The number of hydrogen-bond acceptors (Lipinski definition) is 4. The van der Waals surface area contributed by atoms with Crippen molar-refractivity contribution in [2.45, 2.75) is 11.1 Å². The molecule has 0 bridgehead atoms. The van der Waals surface area contributed by atoms with Gasteiger partial charge < -0.3 is 15.2 Å². The van der Waals surface area contributed by atoms with Crippen LogP contribution in [0.15, 0.2) is 61.1 Å². The van der Waals surface area contributed by atoms with E-state index in [4.69, 9.17) is 0 Å². The Balaban J connectivity index is 1.55. The molecule has 3 heterocycles. The van der Waals surface area contributed by atoms with E-state index in [0.29, 0.717) is 11.1 Å². The Morgan fingerprint density at radius 2 is 1.96 bits per heavy atom. The summed E-state index contributed by atoms with van der Waals surface area (Å²) in [4.78, 5) is 28.6. The van der Waals surface area contributed by atoms with Crippen molar-refractivity contribution in [3.63, 3.8) is 0 Å². The Kier molecular flexibility index (Phi) is 4.68. The van der Waals surface area contributed by atoms with Gasteiger partial charge in [0, 0.05) is 48.1 Å². The average Bonchev–Trinajstić information content (AvgIpc) is 3.31. The number of carbonyl (C=O) groups excluding carboxylic acids is 2. The molecule has 1 aliphatic rings. The van der Waals surface area contributed by atoms with Crippen molar-refractivity contribution in [2.24, 2.45) is 0 Å². The van der Waals surface area contributed by atoms with E-state index in [2.05, 4.69) is 26.3 Å². The topological polar surface area (TPSA) is 76.0 Å². The number of pyridine rings is 1. The zero-order valence-electron chi connectivity index (χ0n) is 14.7. The molecule has 0 spiro atoms. The first-order valence-corrected chi connectivity index (χ1v) is 9.57. The van der Waals surface area contributed by atoms with Crippen molar-refractivity contribution < 1.29 is 9.59 Å². The van der Waals surface area contributed by atoms with Crippen LogP contribution in [0.2, 0.25) is 0 Å². The van der Waals surface area contributed by atoms with Crippen LogP contribution in [0.25, 0.3) is 0 Å². The molecular weight excluding hydrogens is 360 g/mol. The number of nitrogens with one attached hydrogen (secondary N) is 2. The first-order valence-electron chi connectivity index (χ1n) is 8.52. The Labute approximate surface area is 161 Å². The van der Waals surface area contributed by atoms with Gasteiger partial charge in [0.25, 0.3) is 11.8 Å². The van der Waals surface area contributed by atoms with E-state index in [1.807, 2.05) is 24.5 Å². The number of anilines is 1. The fourth-order valence-corrected chi connectivity index (χ4v) is 4.43. The minimum Gasteiger partial charge on any atom is -0.355 e. The molecule has 2 N–H and O–H groups in total. The molecular formula is C20H18N4O2S. The van der Waals surface area contributed by atoms with Gasteiger partial charge >= 0.3 is 0 Å². The Morgan fingerprint density at radius 1 is 1.15 bits per heavy atom. The molecule has 0 radical (unpaired) electrons. The van der Waals surface area contributed by atoms with E-state index >= 15 is 0 Å². The van der Waals surface area contributed by atoms with Crippen LogP contribution >= 0.6 is 11.8 Å². The minimum atomic E-state index is -0.232. The largest absolute Gasteiger partial charge is 0.355 e. The zero-order chi connectivity index (χ0) is 18.8. The molecule has 6 nitrogen and oxygen atoms in total. The van der Waals surface area contributed by atoms with Crippen molar-refractivity contribution in [3.8, 4) is 0 Å². The van der Waals surface area contributed by atoms with Gasteiger partial charge in [0.05, 0.1) is 11.4 Å². The standard InChI is InChI=1S/C20H18N4O2S/c1-21-18(25)13-4-2-5-14(10-13)19(26)23-16-7-9-24-17(16)12-27-20(24)15-6-3-8-22-11-15/h2-11,20H,12H2,1H3,(H,21,25)(H,23,26). The van der Waals surface area contributed by atoms with Crippen LogP contribution in [0, 0.1) is 0 Å². The van der Waals surface area contributed by atoms with Crippen LogP contribution in [0.1, 0.15) is 37.3 Å². The summed E-state index contributed by atoms with van der Waals surface area (Å²) in [6, 6.07) is 12.6. The monoisotopic (exact) mass is 378 g/mol. The van der Waals surface area contributed by atoms with Crippen LogP contribution in [0.3, 0.4) is 0 Å². The molecule has 1 aliphatic heterocycles. The van der Waals surface area contributed by atoms with Gasteiger partial charge in [-0.05, 0) is 30.3 Å². The SMILES string of the molecule is CNC(=O)c1cccc(C(=O)Nc2ccn3c2CSC3c2cccnc2)c1. The molecule has 136 valence electrons. The highest BCUT2D eigenvalue weighted by Gasteiger charge is 2.27. The predicted octanol–water partition coefficient (Wildman–Crippen LogP) is 3.29. The molecule has 2 aromatic heterocycles. The number of benzene rings is 1. The van der Waals surface area contributed by atoms with Crippen molar-refractivity contribution in [3.05, 3.63) is 83.4 Å². The maximum Gasteiger partial charge on any atom is 0.255 e. The lowest BCUT2D eigenvalue weighted by atomic mass is 10.1. The van der Waals surface area contributed by atoms with E-state index in [1.54, 1.807) is 49.3 Å². The molecule has 0 saturated heterocycles. The first kappa shape index (κ1) is 17.4. The molecule has 3 aromatic rings. The highest BCUT2D eigenvalue weighted by atomic mass is 32.2. The van der Waals surface area contributed by atoms with Crippen molar-refractivity contribution in [2.75, 3.05) is 12.4 Å². The lowest BCUT2D eigenvalue weighted by Gasteiger charge is -2.12. The third-order valence-corrected chi connectivity index (χ3v) is 5.74. The summed E-state index contributed by atoms with van der Waals surface area (Å²) in [6.07, 6.45) is 5.62. The van der Waals surface area contributed by atoms with E-state index in [0.717, 1.165) is 22.7 Å². The molecule has 0 aliphatic carbocycles. The van der Waals surface area contributed by atoms with Gasteiger partial charge in [0.15, 0.2) is 0 Å². The van der Waals surface area contributed by atoms with Crippen LogP contribution in [-0.2, 0) is 5.75 Å². The number of nitrogens with zero attached hydrogens (tertiary/aromatic N) is 2. The van der Waals surface area contributed by atoms with Crippen LogP contribution in [-0.4, -0.2) is 28.4 Å². The summed E-state index contributed by atoms with van der Waals surface area (Å²) in [7, 11) is 1.57. The lowest BCUT2D eigenvalue weighted by molar-refractivity contribution is 0.0963. The number of hydrogen-bond donors (Lipinski definition) is 2. The van der Waals surface area contributed by atoms with Crippen molar-refractivity contribution in [1.82, 2.24) is 14.9 Å². The second-order valence-corrected chi connectivity index (χ2v) is 7.22. The smallest absolute Gasteiger partial charge is 0.255 e. The number of fused-ring (bicyclic) bond motifs is 1. The van der Waals surface area contributed by atoms with E-state index in [1.165, 1.54) is 0 Å². The van der Waals surface area contributed by atoms with Crippen molar-refractivity contribution in [1.29, 1.82) is 0 Å². The van der Waals surface area contributed by atoms with Gasteiger partial charge in [-0.2, -0.15) is 0 Å². The van der Waals surface area contributed by atoms with Crippen LogP contribution < -0.4 is 10.6 Å². The van der Waals surface area contributed by atoms with E-state index in [-0.39, 0.29) is 17.2 Å². The van der Waals surface area contributed by atoms with E-state index < -0.39 is 0 Å². The molecule has 7 heteroatoms. The van der Waals surface area contributed by atoms with E-state index in [9.17, 15) is 9.59 Å². The normalized spacial score (nSPS) is 15.2. The zero-order valence-corrected chi connectivity index (χ0v) is 15.5. The predicted molar refractivity (Wildman–Crippen MR) is 106 cm³/mol. The first-order chi connectivity index (χ1) is 13.2. The quantitative estimate of drug-likeness (QED) is 0.730. The van der Waals surface area contributed by atoms with Crippen LogP contribution in [0.4, 0.5) is 5.69 Å². The number of carbonyl (C=O) groups is 2. The third-order valence-electron chi connectivity index (χ3n) is 4.49. The molecule has 2 amide bonds. The number of rotatable bonds is 4. The summed E-state index contributed by atoms with van der Waals surface area (Å²) in [5, 5.41) is 5.70. The summed E-state index contributed by atoms with van der Waals surface area (Å²) < 4.78 is 2.16. The second-order valence-electron chi connectivity index (χ2n) is 6.15. The van der Waals surface area contributed by atoms with Gasteiger partial charge in [0.1, 0.15) is 5.37 Å². The molecule has 27 heavy (non-hydrogen) atoms. The average molecular weight is 378 g/mol. The third kappa shape index (κ3) is 3.33. The fraction of sp³-hybridized carbons (Fsp3) is 0.150. The highest BCUT2D eigenvalue weighted by molar-refractivity contribution is 7.99. The van der Waals surface area contributed by atoms with Gasteiger partial charge in [0.2, 0.25) is 0 Å². The van der Waals surface area contributed by atoms with Gasteiger partial charge in [-0.25, -0.2) is 0 Å².